The van der Waals surface area contributed by atoms with Crippen LogP contribution in [0.1, 0.15) is 48.9 Å². The first kappa shape index (κ1) is 25.8. The lowest BCUT2D eigenvalue weighted by Gasteiger charge is -2.18. The highest BCUT2D eigenvalue weighted by molar-refractivity contribution is 6.04. The molecule has 3 nitrogen and oxygen atoms in total. The van der Waals surface area contributed by atoms with Gasteiger partial charge < -0.3 is 16.0 Å². The van der Waals surface area contributed by atoms with Gasteiger partial charge in [-0.05, 0) is 96.0 Å². The van der Waals surface area contributed by atoms with Gasteiger partial charge >= 0.3 is 0 Å². The Labute approximate surface area is 224 Å². The molecule has 3 N–H and O–H groups in total. The van der Waals surface area contributed by atoms with Crippen molar-refractivity contribution < 1.29 is 8.78 Å². The van der Waals surface area contributed by atoms with Crippen LogP contribution in [-0.2, 0) is 6.42 Å². The summed E-state index contributed by atoms with van der Waals surface area (Å²) in [5, 5.41) is 10.2. The van der Waals surface area contributed by atoms with Gasteiger partial charge in [-0.1, -0.05) is 38.6 Å². The number of hydrogen-bond acceptors (Lipinski definition) is 3. The molecule has 0 spiro atoms. The summed E-state index contributed by atoms with van der Waals surface area (Å²) in [6.45, 7) is 13.4. The zero-order valence-electron chi connectivity index (χ0n) is 22.3. The van der Waals surface area contributed by atoms with Gasteiger partial charge in [-0.25, -0.2) is 8.78 Å². The van der Waals surface area contributed by atoms with E-state index in [0.717, 1.165) is 68.9 Å². The first-order chi connectivity index (χ1) is 18.3. The zero-order valence-corrected chi connectivity index (χ0v) is 22.3. The molecule has 2 aliphatic rings. The summed E-state index contributed by atoms with van der Waals surface area (Å²) in [7, 11) is 1.84. The molecule has 2 atom stereocenters. The maximum Gasteiger partial charge on any atom is 0.131 e. The maximum absolute atomic E-state index is 15.4. The molecule has 1 fully saturated rings. The molecule has 0 aromatic heterocycles. The molecule has 1 saturated carbocycles. The first-order valence-electron chi connectivity index (χ1n) is 13.4. The summed E-state index contributed by atoms with van der Waals surface area (Å²) in [6.07, 6.45) is 2.98. The molecule has 0 bridgehead atoms. The van der Waals surface area contributed by atoms with Crippen LogP contribution < -0.4 is 16.0 Å². The predicted molar refractivity (Wildman–Crippen MR) is 155 cm³/mol. The third-order valence-corrected chi connectivity index (χ3v) is 7.76. The molecule has 0 saturated heterocycles. The van der Waals surface area contributed by atoms with Crippen LogP contribution in [-0.4, -0.2) is 19.6 Å². The molecule has 3 aromatic rings. The molecular weight excluding hydrogens is 476 g/mol. The number of nitrogens with one attached hydrogen (secondary N) is 3. The van der Waals surface area contributed by atoms with E-state index in [9.17, 15) is 4.39 Å². The van der Waals surface area contributed by atoms with E-state index in [-0.39, 0.29) is 11.6 Å². The summed E-state index contributed by atoms with van der Waals surface area (Å²) in [6, 6.07) is 16.4. The van der Waals surface area contributed by atoms with Crippen molar-refractivity contribution in [3.63, 3.8) is 0 Å². The molecule has 2 unspecified atom stereocenters. The minimum atomic E-state index is -0.284. The Morgan fingerprint density at radius 2 is 1.68 bits per heavy atom. The second-order valence-corrected chi connectivity index (χ2v) is 10.2. The summed E-state index contributed by atoms with van der Waals surface area (Å²) >= 11 is 0. The fourth-order valence-corrected chi connectivity index (χ4v) is 5.49. The number of anilines is 1. The Kier molecular flexibility index (Phi) is 7.11. The van der Waals surface area contributed by atoms with Crippen molar-refractivity contribution in [2.24, 2.45) is 5.92 Å². The van der Waals surface area contributed by atoms with E-state index in [4.69, 9.17) is 0 Å². The highest BCUT2D eigenvalue weighted by atomic mass is 19.1. The normalized spacial score (nSPS) is 17.7. The van der Waals surface area contributed by atoms with Crippen molar-refractivity contribution in [2.45, 2.75) is 39.2 Å². The molecule has 5 rings (SSSR count). The monoisotopic (exact) mass is 511 g/mol. The summed E-state index contributed by atoms with van der Waals surface area (Å²) < 4.78 is 29.1. The predicted octanol–water partition coefficient (Wildman–Crippen LogP) is 7.62. The van der Waals surface area contributed by atoms with E-state index in [1.807, 2.05) is 20.0 Å². The smallest absolute Gasteiger partial charge is 0.131 e. The molecule has 0 heterocycles. The van der Waals surface area contributed by atoms with Gasteiger partial charge in [0.15, 0.2) is 0 Å². The van der Waals surface area contributed by atoms with Crippen LogP contribution in [0.15, 0.2) is 73.5 Å². The van der Waals surface area contributed by atoms with Crippen LogP contribution in [0, 0.1) is 17.6 Å². The first-order valence-corrected chi connectivity index (χ1v) is 13.4. The summed E-state index contributed by atoms with van der Waals surface area (Å²) in [4.78, 5) is 0. The minimum absolute atomic E-state index is 0.270. The quantitative estimate of drug-likeness (QED) is 0.262. The number of halogens is 2. The lowest BCUT2D eigenvalue weighted by molar-refractivity contribution is 0.627. The van der Waals surface area contributed by atoms with Crippen molar-refractivity contribution in [1.82, 2.24) is 10.6 Å². The number of allylic oxidation sites excluding steroid dienone is 2. The average Bonchev–Trinajstić information content (AvgIpc) is 3.57. The Morgan fingerprint density at radius 3 is 2.34 bits per heavy atom. The molecule has 5 heteroatoms. The minimum Gasteiger partial charge on any atom is -0.388 e. The van der Waals surface area contributed by atoms with Gasteiger partial charge in [0.1, 0.15) is 11.6 Å². The van der Waals surface area contributed by atoms with Gasteiger partial charge in [0.25, 0.3) is 0 Å². The number of fused-ring (bicyclic) bond motifs is 1. The van der Waals surface area contributed by atoms with Crippen LogP contribution in [0.3, 0.4) is 0 Å². The second-order valence-electron chi connectivity index (χ2n) is 10.2. The van der Waals surface area contributed by atoms with Gasteiger partial charge in [0.2, 0.25) is 0 Å². The van der Waals surface area contributed by atoms with Crippen molar-refractivity contribution in [3.05, 3.63) is 107 Å². The molecule has 0 aliphatic heterocycles. The maximum atomic E-state index is 15.4. The van der Waals surface area contributed by atoms with Gasteiger partial charge in [-0.3, -0.25) is 0 Å². The van der Waals surface area contributed by atoms with E-state index in [1.165, 1.54) is 18.2 Å². The highest BCUT2D eigenvalue weighted by Gasteiger charge is 2.35. The van der Waals surface area contributed by atoms with E-state index < -0.39 is 0 Å². The highest BCUT2D eigenvalue weighted by Crippen LogP contribution is 2.45. The molecular formula is C33H35F2N3. The lowest BCUT2D eigenvalue weighted by atomic mass is 9.93. The Hall–Kier alpha value is -3.86. The van der Waals surface area contributed by atoms with Gasteiger partial charge in [0, 0.05) is 53.4 Å². The summed E-state index contributed by atoms with van der Waals surface area (Å²) in [5.74, 6) is 0.131. The van der Waals surface area contributed by atoms with Crippen LogP contribution in [0.5, 0.6) is 0 Å². The van der Waals surface area contributed by atoms with Crippen LogP contribution in [0.2, 0.25) is 0 Å². The third-order valence-electron chi connectivity index (χ3n) is 7.76. The van der Waals surface area contributed by atoms with Crippen molar-refractivity contribution in [3.8, 4) is 11.1 Å². The average molecular weight is 512 g/mol. The Morgan fingerprint density at radius 1 is 0.921 bits per heavy atom. The van der Waals surface area contributed by atoms with Crippen molar-refractivity contribution in [2.75, 3.05) is 18.9 Å². The number of hydrogen-bond donors (Lipinski definition) is 3. The Bertz CT molecular complexity index is 1440. The van der Waals surface area contributed by atoms with E-state index in [1.54, 1.807) is 18.2 Å². The SMILES string of the molecule is C=C(NC)C1=C(c2ccc(F)cc2)Cc2cc(NCC)c(-c3cc(C(=C)NC4CC4CC)ccc3F)cc21. The Balaban J connectivity index is 1.61. The fourth-order valence-electron chi connectivity index (χ4n) is 5.49. The standard InChI is InChI=1S/C33H35F2N3/c1-6-21-16-31(21)38-19(3)23-10-13-30(35)28(14-23)29-18-27-24(17-32(29)37-7-2)15-26(33(27)20(4)36-5)22-8-11-25(34)12-9-22/h8-14,17-18,21,31,36-38H,3-4,6-7,15-16H2,1-2,5H3. The second kappa shape index (κ2) is 10.5. The van der Waals surface area contributed by atoms with Crippen molar-refractivity contribution in [1.29, 1.82) is 0 Å². The van der Waals surface area contributed by atoms with Crippen molar-refractivity contribution >= 4 is 22.5 Å². The molecule has 2 aliphatic carbocycles. The van der Waals surface area contributed by atoms with Gasteiger partial charge in [0.05, 0.1) is 0 Å². The van der Waals surface area contributed by atoms with E-state index >= 15 is 4.39 Å². The molecule has 3 aromatic carbocycles. The molecule has 0 amide bonds. The number of benzene rings is 3. The van der Waals surface area contributed by atoms with Gasteiger partial charge in [-0.2, -0.15) is 0 Å². The van der Waals surface area contributed by atoms with Crippen LogP contribution in [0.25, 0.3) is 28.0 Å². The van der Waals surface area contributed by atoms with Crippen LogP contribution in [0.4, 0.5) is 14.5 Å². The molecule has 196 valence electrons. The summed E-state index contributed by atoms with van der Waals surface area (Å²) in [5.41, 5.74) is 9.78. The number of likely N-dealkylation sites (N-methyl/N-ethyl adjacent to an activating group) is 1. The van der Waals surface area contributed by atoms with Gasteiger partial charge in [-0.15, -0.1) is 0 Å². The molecule has 38 heavy (non-hydrogen) atoms. The topological polar surface area (TPSA) is 36.1 Å². The third kappa shape index (κ3) is 4.85. The van der Waals surface area contributed by atoms with E-state index in [2.05, 4.69) is 48.2 Å². The lowest BCUT2D eigenvalue weighted by Crippen LogP contribution is -2.15. The largest absolute Gasteiger partial charge is 0.388 e. The van der Waals surface area contributed by atoms with E-state index in [0.29, 0.717) is 30.5 Å². The fraction of sp³-hybridized carbons (Fsp3) is 0.273. The van der Waals surface area contributed by atoms with Crippen LogP contribution >= 0.6 is 0 Å². The zero-order chi connectivity index (χ0) is 27.0. The number of rotatable bonds is 10. The molecule has 0 radical (unpaired) electrons.